The molecular formula is C11H9ClN4O5S. The van der Waals surface area contributed by atoms with E-state index in [1.165, 1.54) is 12.1 Å². The van der Waals surface area contributed by atoms with E-state index in [1.54, 1.807) is 0 Å². The van der Waals surface area contributed by atoms with Gasteiger partial charge in [-0.15, -0.1) is 0 Å². The largest absolute Gasteiger partial charge is 0.401 e. The second-order valence-corrected chi connectivity index (χ2v) is 5.96. The summed E-state index contributed by atoms with van der Waals surface area (Å²) in [5.41, 5.74) is 4.71. The highest BCUT2D eigenvalue weighted by molar-refractivity contribution is 7.89. The van der Waals surface area contributed by atoms with Gasteiger partial charge in [0.1, 0.15) is 4.90 Å². The van der Waals surface area contributed by atoms with Gasteiger partial charge in [0.15, 0.2) is 5.69 Å². The first-order chi connectivity index (χ1) is 10.2. The van der Waals surface area contributed by atoms with Gasteiger partial charge in [0.25, 0.3) is 11.8 Å². The molecule has 2 aromatic rings. The molecule has 0 saturated carbocycles. The fourth-order valence-corrected chi connectivity index (χ4v) is 2.60. The molecule has 0 bridgehead atoms. The molecule has 0 radical (unpaired) electrons. The molecule has 0 aliphatic rings. The number of halogens is 1. The zero-order valence-electron chi connectivity index (χ0n) is 10.7. The van der Waals surface area contributed by atoms with Gasteiger partial charge in [0, 0.05) is 0 Å². The number of ether oxygens (including phenoxy) is 1. The monoisotopic (exact) mass is 344 g/mol. The number of amides is 1. The Bertz CT molecular complexity index is 861. The quantitative estimate of drug-likeness (QED) is 0.663. The van der Waals surface area contributed by atoms with Gasteiger partial charge >= 0.3 is 5.97 Å². The van der Waals surface area contributed by atoms with E-state index < -0.39 is 26.8 Å². The van der Waals surface area contributed by atoms with Crippen molar-refractivity contribution in [3.8, 4) is 5.88 Å². The molecule has 1 aromatic heterocycles. The lowest BCUT2D eigenvalue weighted by Crippen LogP contribution is -2.17. The number of carbonyl (C=O) groups excluding carboxylic acids is 2. The molecule has 22 heavy (non-hydrogen) atoms. The number of nitrogens with one attached hydrogen (secondary N) is 1. The van der Waals surface area contributed by atoms with Crippen LogP contribution >= 0.6 is 11.6 Å². The van der Waals surface area contributed by atoms with Gasteiger partial charge in [-0.05, 0) is 18.2 Å². The van der Waals surface area contributed by atoms with E-state index in [9.17, 15) is 18.0 Å². The third-order valence-electron chi connectivity index (χ3n) is 2.51. The van der Waals surface area contributed by atoms with Crippen molar-refractivity contribution in [3.05, 3.63) is 40.8 Å². The van der Waals surface area contributed by atoms with E-state index in [-0.39, 0.29) is 22.2 Å². The SMILES string of the molecule is NC(=O)c1[nH]cnc1OC(=O)c1ccc(Cl)c(S(N)(=O)=O)c1. The van der Waals surface area contributed by atoms with Crippen molar-refractivity contribution < 1.29 is 22.7 Å². The molecule has 0 unspecified atom stereocenters. The standard InChI is InChI=1S/C11H9ClN4O5S/c12-6-2-1-5(3-7(6)22(14,19)20)11(18)21-10-8(9(13)17)15-4-16-10/h1-4H,(H2,13,17)(H,15,16)(H2,14,19,20). The highest BCUT2D eigenvalue weighted by atomic mass is 35.5. The average Bonchev–Trinajstić information content (AvgIpc) is 2.86. The van der Waals surface area contributed by atoms with Crippen molar-refractivity contribution in [2.45, 2.75) is 4.90 Å². The zero-order chi connectivity index (χ0) is 16.5. The molecule has 0 fully saturated rings. The van der Waals surface area contributed by atoms with Crippen LogP contribution in [0.25, 0.3) is 0 Å². The number of hydrogen-bond acceptors (Lipinski definition) is 6. The predicted octanol–water partition coefficient (Wildman–Crippen LogP) is 0.0286. The Morgan fingerprint density at radius 1 is 1.32 bits per heavy atom. The number of sulfonamides is 1. The van der Waals surface area contributed by atoms with Crippen LogP contribution in [0.4, 0.5) is 0 Å². The molecule has 0 spiro atoms. The van der Waals surface area contributed by atoms with E-state index in [1.807, 2.05) is 0 Å². The number of hydrogen-bond donors (Lipinski definition) is 3. The van der Waals surface area contributed by atoms with Crippen molar-refractivity contribution in [1.29, 1.82) is 0 Å². The minimum atomic E-state index is -4.11. The number of rotatable bonds is 4. The van der Waals surface area contributed by atoms with Crippen LogP contribution in [-0.4, -0.2) is 30.3 Å². The number of esters is 1. The van der Waals surface area contributed by atoms with Gasteiger partial charge in [0.2, 0.25) is 10.0 Å². The lowest BCUT2D eigenvalue weighted by molar-refractivity contribution is 0.0725. The van der Waals surface area contributed by atoms with Crippen LogP contribution in [0.1, 0.15) is 20.8 Å². The summed E-state index contributed by atoms with van der Waals surface area (Å²) in [6, 6.07) is 3.37. The van der Waals surface area contributed by atoms with Crippen LogP contribution in [0.2, 0.25) is 5.02 Å². The summed E-state index contributed by atoms with van der Waals surface area (Å²) in [5.74, 6) is -2.16. The van der Waals surface area contributed by atoms with Crippen LogP contribution in [0.5, 0.6) is 5.88 Å². The minimum Gasteiger partial charge on any atom is -0.401 e. The van der Waals surface area contributed by atoms with E-state index >= 15 is 0 Å². The van der Waals surface area contributed by atoms with Gasteiger partial charge in [0.05, 0.1) is 16.9 Å². The molecule has 1 amide bonds. The Labute approximate surface area is 129 Å². The third kappa shape index (κ3) is 3.24. The van der Waals surface area contributed by atoms with E-state index in [0.717, 1.165) is 12.4 Å². The third-order valence-corrected chi connectivity index (χ3v) is 3.91. The first-order valence-electron chi connectivity index (χ1n) is 5.58. The number of carbonyl (C=O) groups is 2. The van der Waals surface area contributed by atoms with Crippen LogP contribution in [0.15, 0.2) is 29.4 Å². The Morgan fingerprint density at radius 3 is 2.59 bits per heavy atom. The highest BCUT2D eigenvalue weighted by Gasteiger charge is 2.20. The Balaban J connectivity index is 2.35. The molecule has 11 heteroatoms. The van der Waals surface area contributed by atoms with E-state index in [2.05, 4.69) is 9.97 Å². The first-order valence-corrected chi connectivity index (χ1v) is 7.50. The number of nitrogens with zero attached hydrogens (tertiary/aromatic N) is 1. The van der Waals surface area contributed by atoms with E-state index in [0.29, 0.717) is 0 Å². The fourth-order valence-electron chi connectivity index (χ4n) is 1.53. The molecule has 0 aliphatic carbocycles. The number of nitrogens with two attached hydrogens (primary N) is 2. The maximum Gasteiger partial charge on any atom is 0.344 e. The van der Waals surface area contributed by atoms with Crippen molar-refractivity contribution in [3.63, 3.8) is 0 Å². The lowest BCUT2D eigenvalue weighted by Gasteiger charge is -2.06. The summed E-state index contributed by atoms with van der Waals surface area (Å²) in [5, 5.41) is 4.84. The zero-order valence-corrected chi connectivity index (χ0v) is 12.3. The summed E-state index contributed by atoms with van der Waals surface area (Å²) >= 11 is 5.71. The second kappa shape index (κ2) is 5.75. The first kappa shape index (κ1) is 15.9. The van der Waals surface area contributed by atoms with Crippen LogP contribution < -0.4 is 15.6 Å². The highest BCUT2D eigenvalue weighted by Crippen LogP contribution is 2.22. The van der Waals surface area contributed by atoms with Crippen LogP contribution in [-0.2, 0) is 10.0 Å². The fraction of sp³-hybridized carbons (Fsp3) is 0. The van der Waals surface area contributed by atoms with Crippen LogP contribution in [0.3, 0.4) is 0 Å². The topological polar surface area (TPSA) is 158 Å². The number of benzene rings is 1. The molecule has 0 saturated heterocycles. The average molecular weight is 345 g/mol. The summed E-state index contributed by atoms with van der Waals surface area (Å²) < 4.78 is 27.6. The molecular weight excluding hydrogens is 336 g/mol. The predicted molar refractivity (Wildman–Crippen MR) is 74.9 cm³/mol. The molecule has 116 valence electrons. The normalized spacial score (nSPS) is 11.2. The van der Waals surface area contributed by atoms with Gasteiger partial charge in [-0.3, -0.25) is 4.79 Å². The number of primary sulfonamides is 1. The second-order valence-electron chi connectivity index (χ2n) is 4.03. The van der Waals surface area contributed by atoms with Crippen molar-refractivity contribution >= 4 is 33.5 Å². The number of aromatic amines is 1. The summed E-state index contributed by atoms with van der Waals surface area (Å²) in [7, 11) is -4.11. The summed E-state index contributed by atoms with van der Waals surface area (Å²) in [6.45, 7) is 0. The smallest absolute Gasteiger partial charge is 0.344 e. The summed E-state index contributed by atoms with van der Waals surface area (Å²) in [4.78, 5) is 28.6. The maximum absolute atomic E-state index is 12.0. The molecule has 0 aliphatic heterocycles. The number of imidazole rings is 1. The molecule has 2 rings (SSSR count). The molecule has 0 atom stereocenters. The molecule has 1 heterocycles. The Kier molecular flexibility index (Phi) is 4.17. The maximum atomic E-state index is 12.0. The molecule has 9 nitrogen and oxygen atoms in total. The lowest BCUT2D eigenvalue weighted by atomic mass is 10.2. The van der Waals surface area contributed by atoms with Crippen LogP contribution in [0, 0.1) is 0 Å². The number of primary amides is 1. The van der Waals surface area contributed by atoms with Gasteiger partial charge < -0.3 is 15.5 Å². The molecule has 1 aromatic carbocycles. The minimum absolute atomic E-state index is 0.142. The van der Waals surface area contributed by atoms with Gasteiger partial charge in [-0.2, -0.15) is 0 Å². The Hall–Kier alpha value is -2.43. The molecule has 5 N–H and O–H groups in total. The number of H-pyrrole nitrogens is 1. The van der Waals surface area contributed by atoms with E-state index in [4.69, 9.17) is 27.2 Å². The number of aromatic nitrogens is 2. The van der Waals surface area contributed by atoms with Gasteiger partial charge in [-0.1, -0.05) is 11.6 Å². The van der Waals surface area contributed by atoms with Crippen molar-refractivity contribution in [2.24, 2.45) is 10.9 Å². The Morgan fingerprint density at radius 2 is 2.00 bits per heavy atom. The van der Waals surface area contributed by atoms with Crippen molar-refractivity contribution in [2.75, 3.05) is 0 Å². The van der Waals surface area contributed by atoms with Gasteiger partial charge in [-0.25, -0.2) is 23.3 Å². The van der Waals surface area contributed by atoms with Crippen molar-refractivity contribution in [1.82, 2.24) is 9.97 Å². The summed E-state index contributed by atoms with van der Waals surface area (Å²) in [6.07, 6.45) is 1.11.